The fraction of sp³-hybridized carbons (Fsp3) is 0.429. The SMILES string of the molecule is COc1ccc2c(C)coc2c1C(C)(C)C. The Bertz CT molecular complexity index is 515. The van der Waals surface area contributed by atoms with E-state index in [1.165, 1.54) is 10.9 Å². The number of methoxy groups -OCH3 is 1. The summed E-state index contributed by atoms with van der Waals surface area (Å²) in [6.45, 7) is 8.57. The number of ether oxygens (including phenoxy) is 1. The van der Waals surface area contributed by atoms with Gasteiger partial charge in [0, 0.05) is 10.9 Å². The fourth-order valence-electron chi connectivity index (χ4n) is 2.09. The minimum absolute atomic E-state index is 0.00907. The average Bonchev–Trinajstić information content (AvgIpc) is 2.57. The van der Waals surface area contributed by atoms with Gasteiger partial charge in [0.15, 0.2) is 0 Å². The largest absolute Gasteiger partial charge is 0.496 e. The molecule has 0 aliphatic rings. The van der Waals surface area contributed by atoms with Crippen LogP contribution in [0.5, 0.6) is 5.75 Å². The molecule has 0 amide bonds. The molecule has 2 nitrogen and oxygen atoms in total. The van der Waals surface area contributed by atoms with Crippen LogP contribution in [0.15, 0.2) is 22.8 Å². The number of aryl methyl sites for hydroxylation is 1. The van der Waals surface area contributed by atoms with Crippen LogP contribution in [0.1, 0.15) is 31.9 Å². The number of fused-ring (bicyclic) bond motifs is 1. The van der Waals surface area contributed by atoms with Crippen molar-refractivity contribution in [3.05, 3.63) is 29.5 Å². The molecule has 0 aliphatic carbocycles. The maximum absolute atomic E-state index is 5.67. The highest BCUT2D eigenvalue weighted by molar-refractivity contribution is 5.86. The number of rotatable bonds is 1. The van der Waals surface area contributed by atoms with Crippen molar-refractivity contribution >= 4 is 11.0 Å². The Hall–Kier alpha value is -1.44. The number of hydrogen-bond donors (Lipinski definition) is 0. The second kappa shape index (κ2) is 3.55. The van der Waals surface area contributed by atoms with Crippen LogP contribution < -0.4 is 4.74 Å². The van der Waals surface area contributed by atoms with Gasteiger partial charge in [0.1, 0.15) is 11.3 Å². The first kappa shape index (κ1) is 11.1. The minimum Gasteiger partial charge on any atom is -0.496 e. The number of furan rings is 1. The summed E-state index contributed by atoms with van der Waals surface area (Å²) in [5, 5.41) is 1.17. The van der Waals surface area contributed by atoms with Gasteiger partial charge in [-0.1, -0.05) is 20.8 Å². The van der Waals surface area contributed by atoms with Crippen molar-refractivity contribution in [2.24, 2.45) is 0 Å². The van der Waals surface area contributed by atoms with Crippen LogP contribution in [0.2, 0.25) is 0 Å². The highest BCUT2D eigenvalue weighted by atomic mass is 16.5. The molecule has 0 radical (unpaired) electrons. The highest BCUT2D eigenvalue weighted by Crippen LogP contribution is 2.38. The smallest absolute Gasteiger partial charge is 0.141 e. The summed E-state index contributed by atoms with van der Waals surface area (Å²) in [5.74, 6) is 0.898. The lowest BCUT2D eigenvalue weighted by Gasteiger charge is -2.22. The normalized spacial score (nSPS) is 12.1. The van der Waals surface area contributed by atoms with Crippen molar-refractivity contribution in [1.29, 1.82) is 0 Å². The van der Waals surface area contributed by atoms with E-state index in [-0.39, 0.29) is 5.41 Å². The summed E-state index contributed by atoms with van der Waals surface area (Å²) in [5.41, 5.74) is 3.27. The van der Waals surface area contributed by atoms with Gasteiger partial charge in [0.25, 0.3) is 0 Å². The fourth-order valence-corrected chi connectivity index (χ4v) is 2.09. The number of benzene rings is 1. The Kier molecular flexibility index (Phi) is 2.45. The van der Waals surface area contributed by atoms with Crippen molar-refractivity contribution in [3.63, 3.8) is 0 Å². The molecule has 0 unspecified atom stereocenters. The molecule has 0 N–H and O–H groups in total. The first-order valence-electron chi connectivity index (χ1n) is 5.50. The molecule has 0 saturated heterocycles. The van der Waals surface area contributed by atoms with Crippen molar-refractivity contribution in [3.8, 4) is 5.75 Å². The summed E-state index contributed by atoms with van der Waals surface area (Å²) in [4.78, 5) is 0. The molecule has 2 aromatic rings. The summed E-state index contributed by atoms with van der Waals surface area (Å²) < 4.78 is 11.1. The zero-order valence-corrected chi connectivity index (χ0v) is 10.5. The number of hydrogen-bond acceptors (Lipinski definition) is 2. The highest BCUT2D eigenvalue weighted by Gasteiger charge is 2.24. The molecular formula is C14H18O2. The van der Waals surface area contributed by atoms with Gasteiger partial charge in [-0.05, 0) is 30.0 Å². The summed E-state index contributed by atoms with van der Waals surface area (Å²) in [6.07, 6.45) is 1.80. The van der Waals surface area contributed by atoms with Crippen LogP contribution in [0.4, 0.5) is 0 Å². The maximum atomic E-state index is 5.67. The Morgan fingerprint density at radius 3 is 2.44 bits per heavy atom. The first-order valence-corrected chi connectivity index (χ1v) is 5.50. The van der Waals surface area contributed by atoms with Crippen LogP contribution in [0.25, 0.3) is 11.0 Å². The van der Waals surface area contributed by atoms with Gasteiger partial charge in [0.05, 0.1) is 13.4 Å². The molecule has 0 spiro atoms. The molecular weight excluding hydrogens is 200 g/mol. The van der Waals surface area contributed by atoms with Crippen molar-refractivity contribution < 1.29 is 9.15 Å². The van der Waals surface area contributed by atoms with Crippen molar-refractivity contribution in [1.82, 2.24) is 0 Å². The van der Waals surface area contributed by atoms with E-state index in [4.69, 9.17) is 9.15 Å². The second-order valence-corrected chi connectivity index (χ2v) is 5.19. The summed E-state index contributed by atoms with van der Waals surface area (Å²) >= 11 is 0. The van der Waals surface area contributed by atoms with Gasteiger partial charge in [-0.2, -0.15) is 0 Å². The molecule has 16 heavy (non-hydrogen) atoms. The molecule has 0 aliphatic heterocycles. The molecule has 0 saturated carbocycles. The van der Waals surface area contributed by atoms with E-state index in [2.05, 4.69) is 33.8 Å². The molecule has 1 heterocycles. The zero-order chi connectivity index (χ0) is 11.9. The average molecular weight is 218 g/mol. The summed E-state index contributed by atoms with van der Waals surface area (Å²) in [6, 6.07) is 4.08. The lowest BCUT2D eigenvalue weighted by atomic mass is 9.85. The molecule has 0 fully saturated rings. The summed E-state index contributed by atoms with van der Waals surface area (Å²) in [7, 11) is 1.70. The molecule has 86 valence electrons. The Morgan fingerprint density at radius 2 is 1.88 bits per heavy atom. The first-order chi connectivity index (χ1) is 7.45. The minimum atomic E-state index is 0.00907. The molecule has 1 aromatic heterocycles. The van der Waals surface area contributed by atoms with Crippen LogP contribution in [0, 0.1) is 6.92 Å². The van der Waals surface area contributed by atoms with E-state index in [1.54, 1.807) is 13.4 Å². The standard InChI is InChI=1S/C14H18O2/c1-9-8-16-13-10(9)6-7-11(15-5)12(13)14(2,3)4/h6-8H,1-5H3. The maximum Gasteiger partial charge on any atom is 0.141 e. The van der Waals surface area contributed by atoms with Gasteiger partial charge in [-0.3, -0.25) is 0 Å². The van der Waals surface area contributed by atoms with Crippen LogP contribution >= 0.6 is 0 Å². The zero-order valence-electron chi connectivity index (χ0n) is 10.5. The quantitative estimate of drug-likeness (QED) is 0.720. The third-order valence-corrected chi connectivity index (χ3v) is 2.87. The van der Waals surface area contributed by atoms with E-state index >= 15 is 0 Å². The van der Waals surface area contributed by atoms with Gasteiger partial charge in [-0.15, -0.1) is 0 Å². The van der Waals surface area contributed by atoms with Crippen molar-refractivity contribution in [2.75, 3.05) is 7.11 Å². The van der Waals surface area contributed by atoms with Crippen LogP contribution in [0.3, 0.4) is 0 Å². The van der Waals surface area contributed by atoms with E-state index in [9.17, 15) is 0 Å². The van der Waals surface area contributed by atoms with Crippen LogP contribution in [-0.4, -0.2) is 7.11 Å². The van der Waals surface area contributed by atoms with E-state index in [0.717, 1.165) is 16.9 Å². The van der Waals surface area contributed by atoms with Crippen molar-refractivity contribution in [2.45, 2.75) is 33.1 Å². The van der Waals surface area contributed by atoms with E-state index in [0.29, 0.717) is 0 Å². The molecule has 0 atom stereocenters. The second-order valence-electron chi connectivity index (χ2n) is 5.19. The Morgan fingerprint density at radius 1 is 1.19 bits per heavy atom. The van der Waals surface area contributed by atoms with E-state index in [1.807, 2.05) is 6.07 Å². The Labute approximate surface area is 96.2 Å². The van der Waals surface area contributed by atoms with Gasteiger partial charge >= 0.3 is 0 Å². The van der Waals surface area contributed by atoms with Gasteiger partial charge in [-0.25, -0.2) is 0 Å². The van der Waals surface area contributed by atoms with Gasteiger partial charge < -0.3 is 9.15 Å². The lowest BCUT2D eigenvalue weighted by Crippen LogP contribution is -2.13. The topological polar surface area (TPSA) is 22.4 Å². The predicted molar refractivity (Wildman–Crippen MR) is 66.2 cm³/mol. The molecule has 0 bridgehead atoms. The predicted octanol–water partition coefficient (Wildman–Crippen LogP) is 4.05. The lowest BCUT2D eigenvalue weighted by molar-refractivity contribution is 0.396. The van der Waals surface area contributed by atoms with Crippen LogP contribution in [-0.2, 0) is 5.41 Å². The molecule has 1 aromatic carbocycles. The van der Waals surface area contributed by atoms with Gasteiger partial charge in [0.2, 0.25) is 0 Å². The third kappa shape index (κ3) is 1.58. The molecule has 2 rings (SSSR count). The van der Waals surface area contributed by atoms with E-state index < -0.39 is 0 Å². The third-order valence-electron chi connectivity index (χ3n) is 2.87. The molecule has 2 heteroatoms. The monoisotopic (exact) mass is 218 g/mol. The Balaban J connectivity index is 2.84.